The lowest BCUT2D eigenvalue weighted by Gasteiger charge is -2.29. The van der Waals surface area contributed by atoms with Crippen LogP contribution >= 0.6 is 0 Å². The molecule has 0 atom stereocenters. The van der Waals surface area contributed by atoms with Crippen LogP contribution in [0.5, 0.6) is 0 Å². The molecule has 2 aliphatic rings. The summed E-state index contributed by atoms with van der Waals surface area (Å²) in [6.45, 7) is 4.35. The second kappa shape index (κ2) is 12.4. The van der Waals surface area contributed by atoms with E-state index in [0.29, 0.717) is 18.2 Å². The number of benzene rings is 1. The first kappa shape index (κ1) is 30.4. The highest BCUT2D eigenvalue weighted by Crippen LogP contribution is 2.42. The number of carbonyl (C=O) groups excluding carboxylic acids is 2. The number of carboxylic acids is 1. The zero-order chi connectivity index (χ0) is 29.8. The van der Waals surface area contributed by atoms with E-state index in [2.05, 4.69) is 16.2 Å². The van der Waals surface area contributed by atoms with E-state index in [1.54, 1.807) is 17.0 Å². The number of halogens is 4. The van der Waals surface area contributed by atoms with Gasteiger partial charge >= 0.3 is 12.1 Å². The first-order chi connectivity index (χ1) is 18.7. The van der Waals surface area contributed by atoms with Gasteiger partial charge in [-0.05, 0) is 75.3 Å². The maximum atomic E-state index is 15.7. The zero-order valence-electron chi connectivity index (χ0n) is 22.0. The number of aryl methyl sites for hydroxylation is 2. The number of H-pyrrole nitrogens is 1. The van der Waals surface area contributed by atoms with Crippen LogP contribution in [-0.2, 0) is 9.59 Å². The van der Waals surface area contributed by atoms with Crippen LogP contribution in [0.4, 0.5) is 23.2 Å². The highest BCUT2D eigenvalue weighted by molar-refractivity contribution is 6.36. The molecule has 0 spiro atoms. The number of nitrogens with zero attached hydrogens (tertiary/aromatic N) is 1. The van der Waals surface area contributed by atoms with Crippen LogP contribution in [0, 0.1) is 37.9 Å². The predicted molar refractivity (Wildman–Crippen MR) is 142 cm³/mol. The van der Waals surface area contributed by atoms with E-state index < -0.39 is 23.9 Å². The van der Waals surface area contributed by atoms with Crippen molar-refractivity contribution in [3.8, 4) is 12.3 Å². The quantitative estimate of drug-likeness (QED) is 0.247. The number of carboxylic acid groups (broad SMARTS) is 1. The van der Waals surface area contributed by atoms with E-state index >= 15 is 4.39 Å². The molecular formula is C28H30F4N4O4. The van der Waals surface area contributed by atoms with Gasteiger partial charge in [-0.25, -0.2) is 9.18 Å². The van der Waals surface area contributed by atoms with Crippen LogP contribution in [0.25, 0.3) is 11.6 Å². The van der Waals surface area contributed by atoms with E-state index in [1.807, 2.05) is 19.9 Å². The number of aromatic nitrogens is 1. The van der Waals surface area contributed by atoms with Crippen LogP contribution in [0.2, 0.25) is 0 Å². The summed E-state index contributed by atoms with van der Waals surface area (Å²) in [5.41, 5.74) is 9.45. The molecule has 0 bridgehead atoms. The first-order valence-electron chi connectivity index (χ1n) is 12.5. The molecular weight excluding hydrogens is 532 g/mol. The van der Waals surface area contributed by atoms with Crippen molar-refractivity contribution in [2.75, 3.05) is 18.0 Å². The number of hydrogen-bond acceptors (Lipinski definition) is 4. The summed E-state index contributed by atoms with van der Waals surface area (Å²) in [7, 11) is 0. The van der Waals surface area contributed by atoms with Crippen molar-refractivity contribution < 1.29 is 37.1 Å². The molecule has 1 aromatic carbocycles. The molecule has 1 aromatic heterocycles. The van der Waals surface area contributed by atoms with Crippen LogP contribution in [-0.4, -0.2) is 53.2 Å². The van der Waals surface area contributed by atoms with E-state index in [4.69, 9.17) is 22.1 Å². The van der Waals surface area contributed by atoms with Gasteiger partial charge in [0.25, 0.3) is 11.8 Å². The van der Waals surface area contributed by atoms with Gasteiger partial charge in [-0.2, -0.15) is 13.2 Å². The number of alkyl halides is 3. The zero-order valence-corrected chi connectivity index (χ0v) is 22.0. The minimum absolute atomic E-state index is 0.00608. The van der Waals surface area contributed by atoms with E-state index in [-0.39, 0.29) is 35.2 Å². The summed E-state index contributed by atoms with van der Waals surface area (Å²) in [4.78, 5) is 39.8. The highest BCUT2D eigenvalue weighted by Gasteiger charge is 2.39. The minimum atomic E-state index is -5.08. The number of aromatic amines is 1. The smallest absolute Gasteiger partial charge is 0.475 e. The van der Waals surface area contributed by atoms with Gasteiger partial charge in [-0.1, -0.05) is 5.92 Å². The van der Waals surface area contributed by atoms with Crippen LogP contribution < -0.4 is 16.0 Å². The van der Waals surface area contributed by atoms with Gasteiger partial charge in [-0.15, -0.1) is 6.42 Å². The molecule has 0 unspecified atom stereocenters. The molecule has 1 aliphatic heterocycles. The topological polar surface area (TPSA) is 129 Å². The van der Waals surface area contributed by atoms with Crippen LogP contribution in [0.15, 0.2) is 18.2 Å². The molecule has 2 heterocycles. The van der Waals surface area contributed by atoms with Crippen molar-refractivity contribution in [3.05, 3.63) is 52.1 Å². The Morgan fingerprint density at radius 1 is 1.25 bits per heavy atom. The third-order valence-corrected chi connectivity index (χ3v) is 6.80. The molecule has 214 valence electrons. The van der Waals surface area contributed by atoms with Crippen molar-refractivity contribution in [1.82, 2.24) is 10.3 Å². The van der Waals surface area contributed by atoms with Gasteiger partial charge in [0.2, 0.25) is 0 Å². The largest absolute Gasteiger partial charge is 0.490 e. The lowest BCUT2D eigenvalue weighted by Crippen LogP contribution is -2.36. The highest BCUT2D eigenvalue weighted by atomic mass is 19.4. The number of amides is 2. The second-order valence-electron chi connectivity index (χ2n) is 9.81. The van der Waals surface area contributed by atoms with E-state index in [1.165, 1.54) is 6.07 Å². The fraction of sp³-hybridized carbons (Fsp3) is 0.393. The van der Waals surface area contributed by atoms with Crippen molar-refractivity contribution >= 4 is 35.1 Å². The number of fused-ring (bicyclic) bond motifs is 1. The van der Waals surface area contributed by atoms with Crippen molar-refractivity contribution in [2.45, 2.75) is 51.7 Å². The molecule has 1 fully saturated rings. The molecule has 2 amide bonds. The Kier molecular flexibility index (Phi) is 9.42. The van der Waals surface area contributed by atoms with Crippen molar-refractivity contribution in [2.24, 2.45) is 11.7 Å². The van der Waals surface area contributed by atoms with Crippen LogP contribution in [0.3, 0.4) is 0 Å². The summed E-state index contributed by atoms with van der Waals surface area (Å²) >= 11 is 0. The lowest BCUT2D eigenvalue weighted by atomic mass is 9.86. The SMILES string of the molecule is C#CCNC(=O)c1ccc2c(c1F)/C(=C/c1[nH]c(C)cc1C)C(=O)N2CC1CCC(N)CC1.O=C(O)C(F)(F)F. The van der Waals surface area contributed by atoms with Gasteiger partial charge in [0.1, 0.15) is 5.82 Å². The number of carbonyl (C=O) groups is 3. The monoisotopic (exact) mass is 562 g/mol. The predicted octanol–water partition coefficient (Wildman–Crippen LogP) is 4.17. The number of nitrogens with one attached hydrogen (secondary N) is 2. The number of anilines is 1. The number of terminal acetylenes is 1. The van der Waals surface area contributed by atoms with Gasteiger partial charge in [0, 0.05) is 29.5 Å². The maximum Gasteiger partial charge on any atom is 0.490 e. The standard InChI is InChI=1S/C26H29FN4O2.C2HF3O2/c1-4-11-29-25(32)19-9-10-22-23(24(19)27)20(13-21-15(2)12-16(3)30-21)26(33)31(22)14-17-5-7-18(28)8-6-17;3-2(4,5)1(6)7/h1,9-10,12-13,17-18,30H,5-8,11,14,28H2,2-3H3,(H,29,32);(H,6,7)/b20-13-;. The molecule has 12 heteroatoms. The molecule has 2 aromatic rings. The molecule has 4 rings (SSSR count). The number of rotatable bonds is 5. The maximum absolute atomic E-state index is 15.7. The van der Waals surface area contributed by atoms with E-state index in [9.17, 15) is 22.8 Å². The van der Waals surface area contributed by atoms with Gasteiger partial charge in [0.15, 0.2) is 0 Å². The van der Waals surface area contributed by atoms with Gasteiger partial charge in [-0.3, -0.25) is 9.59 Å². The Balaban J connectivity index is 0.000000559. The van der Waals surface area contributed by atoms with Gasteiger partial charge in [0.05, 0.1) is 23.4 Å². The van der Waals surface area contributed by atoms with Crippen LogP contribution in [0.1, 0.15) is 58.6 Å². The molecule has 1 saturated carbocycles. The van der Waals surface area contributed by atoms with Gasteiger partial charge < -0.3 is 26.0 Å². The Hall–Kier alpha value is -4.11. The summed E-state index contributed by atoms with van der Waals surface area (Å²) in [6, 6.07) is 5.25. The molecule has 0 saturated heterocycles. The summed E-state index contributed by atoms with van der Waals surface area (Å²) < 4.78 is 47.5. The van der Waals surface area contributed by atoms with Crippen molar-refractivity contribution in [1.29, 1.82) is 0 Å². The molecule has 5 N–H and O–H groups in total. The second-order valence-corrected chi connectivity index (χ2v) is 9.81. The molecule has 8 nitrogen and oxygen atoms in total. The molecule has 1 aliphatic carbocycles. The fourth-order valence-electron chi connectivity index (χ4n) is 4.80. The summed E-state index contributed by atoms with van der Waals surface area (Å²) in [5.74, 6) is -1.72. The molecule has 40 heavy (non-hydrogen) atoms. The Morgan fingerprint density at radius 3 is 2.40 bits per heavy atom. The normalized spacial score (nSPS) is 19.5. The Bertz CT molecular complexity index is 1370. The third kappa shape index (κ3) is 6.90. The number of aliphatic carboxylic acids is 1. The van der Waals surface area contributed by atoms with Crippen molar-refractivity contribution in [3.63, 3.8) is 0 Å². The average molecular weight is 563 g/mol. The average Bonchev–Trinajstić information content (AvgIpc) is 3.34. The number of hydrogen-bond donors (Lipinski definition) is 4. The minimum Gasteiger partial charge on any atom is -0.475 e. The number of nitrogens with two attached hydrogens (primary N) is 1. The fourth-order valence-corrected chi connectivity index (χ4v) is 4.80. The molecule has 0 radical (unpaired) electrons. The summed E-state index contributed by atoms with van der Waals surface area (Å²) in [6.07, 6.45) is 5.53. The first-order valence-corrected chi connectivity index (χ1v) is 12.5. The third-order valence-electron chi connectivity index (χ3n) is 6.80. The summed E-state index contributed by atoms with van der Waals surface area (Å²) in [5, 5.41) is 9.62. The Morgan fingerprint density at radius 2 is 1.88 bits per heavy atom. The Labute approximate surface area is 228 Å². The lowest BCUT2D eigenvalue weighted by molar-refractivity contribution is -0.192. The van der Waals surface area contributed by atoms with E-state index in [0.717, 1.165) is 42.6 Å².